The molecule has 4 heteroatoms. The minimum absolute atomic E-state index is 0.0330. The van der Waals surface area contributed by atoms with E-state index in [2.05, 4.69) is 11.1 Å². The number of carbonyl (C=O) groups is 1. The average Bonchev–Trinajstić information content (AvgIpc) is 2.53. The lowest BCUT2D eigenvalue weighted by Crippen LogP contribution is -2.10. The van der Waals surface area contributed by atoms with Gasteiger partial charge in [0.05, 0.1) is 23.5 Å². The van der Waals surface area contributed by atoms with Crippen molar-refractivity contribution in [1.82, 2.24) is 4.98 Å². The highest BCUT2D eigenvalue weighted by molar-refractivity contribution is 5.94. The summed E-state index contributed by atoms with van der Waals surface area (Å²) in [5.74, 6) is 0.0330. The Bertz CT molecular complexity index is 656. The van der Waals surface area contributed by atoms with Crippen molar-refractivity contribution in [2.75, 3.05) is 11.9 Å². The molecule has 20 heavy (non-hydrogen) atoms. The standard InChI is InChI=1S/C16H15N3O/c1-3-16(20)15-8-7-14(11-18-15)19(2)13-6-4-5-12(9-13)10-17/h4-9,11H,3H2,1-2H3. The number of ketones is 1. The second-order valence-electron chi connectivity index (χ2n) is 4.40. The van der Waals surface area contributed by atoms with E-state index < -0.39 is 0 Å². The Morgan fingerprint density at radius 1 is 1.30 bits per heavy atom. The van der Waals surface area contributed by atoms with E-state index >= 15 is 0 Å². The lowest BCUT2D eigenvalue weighted by atomic mass is 10.2. The van der Waals surface area contributed by atoms with Crippen molar-refractivity contribution in [2.45, 2.75) is 13.3 Å². The smallest absolute Gasteiger partial charge is 0.180 e. The predicted octanol–water partition coefficient (Wildman–Crippen LogP) is 3.31. The fourth-order valence-electron chi connectivity index (χ4n) is 1.86. The Balaban J connectivity index is 2.27. The molecule has 0 aliphatic heterocycles. The van der Waals surface area contributed by atoms with Crippen LogP contribution >= 0.6 is 0 Å². The monoisotopic (exact) mass is 265 g/mol. The average molecular weight is 265 g/mol. The molecule has 0 aliphatic rings. The number of rotatable bonds is 4. The van der Waals surface area contributed by atoms with Crippen molar-refractivity contribution in [1.29, 1.82) is 5.26 Å². The normalized spacial score (nSPS) is 9.85. The number of benzene rings is 1. The van der Waals surface area contributed by atoms with E-state index in [0.717, 1.165) is 11.4 Å². The molecule has 0 saturated heterocycles. The molecule has 1 heterocycles. The molecule has 0 saturated carbocycles. The summed E-state index contributed by atoms with van der Waals surface area (Å²) in [5.41, 5.74) is 2.86. The molecule has 2 aromatic rings. The molecule has 0 aliphatic carbocycles. The third kappa shape index (κ3) is 2.83. The molecule has 1 aromatic carbocycles. The van der Waals surface area contributed by atoms with E-state index in [4.69, 9.17) is 5.26 Å². The number of Topliss-reactive ketones (excluding diaryl/α,β-unsaturated/α-hetero) is 1. The van der Waals surface area contributed by atoms with E-state index in [1.54, 1.807) is 18.3 Å². The van der Waals surface area contributed by atoms with Crippen LogP contribution in [0.2, 0.25) is 0 Å². The minimum Gasteiger partial charge on any atom is -0.343 e. The maximum Gasteiger partial charge on any atom is 0.180 e. The third-order valence-electron chi connectivity index (χ3n) is 3.10. The molecule has 2 rings (SSSR count). The molecule has 0 fully saturated rings. The second-order valence-corrected chi connectivity index (χ2v) is 4.40. The number of pyridine rings is 1. The summed E-state index contributed by atoms with van der Waals surface area (Å²) >= 11 is 0. The quantitative estimate of drug-likeness (QED) is 0.796. The minimum atomic E-state index is 0.0330. The van der Waals surface area contributed by atoms with E-state index in [1.807, 2.05) is 43.1 Å². The molecule has 0 atom stereocenters. The molecule has 0 bridgehead atoms. The number of hydrogen-bond acceptors (Lipinski definition) is 4. The van der Waals surface area contributed by atoms with Crippen LogP contribution in [0.25, 0.3) is 0 Å². The topological polar surface area (TPSA) is 57.0 Å². The van der Waals surface area contributed by atoms with Crippen molar-refractivity contribution < 1.29 is 4.79 Å². The van der Waals surface area contributed by atoms with Crippen LogP contribution in [-0.4, -0.2) is 17.8 Å². The van der Waals surface area contributed by atoms with E-state index in [0.29, 0.717) is 17.7 Å². The van der Waals surface area contributed by atoms with Gasteiger partial charge in [-0.1, -0.05) is 13.0 Å². The van der Waals surface area contributed by atoms with Crippen LogP contribution in [0.3, 0.4) is 0 Å². The zero-order valence-corrected chi connectivity index (χ0v) is 11.5. The van der Waals surface area contributed by atoms with Crippen LogP contribution in [0.15, 0.2) is 42.6 Å². The zero-order valence-electron chi connectivity index (χ0n) is 11.5. The highest BCUT2D eigenvalue weighted by Gasteiger charge is 2.08. The predicted molar refractivity (Wildman–Crippen MR) is 78.1 cm³/mol. The summed E-state index contributed by atoms with van der Waals surface area (Å²) in [6.45, 7) is 1.82. The first-order chi connectivity index (χ1) is 9.65. The van der Waals surface area contributed by atoms with E-state index in [-0.39, 0.29) is 5.78 Å². The van der Waals surface area contributed by atoms with Gasteiger partial charge < -0.3 is 4.90 Å². The van der Waals surface area contributed by atoms with Crippen molar-refractivity contribution >= 4 is 17.2 Å². The van der Waals surface area contributed by atoms with Crippen LogP contribution in [0, 0.1) is 11.3 Å². The lowest BCUT2D eigenvalue weighted by Gasteiger charge is -2.19. The molecular weight excluding hydrogens is 250 g/mol. The van der Waals surface area contributed by atoms with Crippen LogP contribution < -0.4 is 4.90 Å². The summed E-state index contributed by atoms with van der Waals surface area (Å²) < 4.78 is 0. The van der Waals surface area contributed by atoms with Gasteiger partial charge in [0.1, 0.15) is 5.69 Å². The summed E-state index contributed by atoms with van der Waals surface area (Å²) in [7, 11) is 1.90. The molecule has 0 amide bonds. The summed E-state index contributed by atoms with van der Waals surface area (Å²) in [4.78, 5) is 17.6. The summed E-state index contributed by atoms with van der Waals surface area (Å²) in [6, 6.07) is 13.0. The maximum absolute atomic E-state index is 11.5. The first-order valence-electron chi connectivity index (χ1n) is 6.39. The van der Waals surface area contributed by atoms with Crippen LogP contribution in [-0.2, 0) is 0 Å². The van der Waals surface area contributed by atoms with Gasteiger partial charge in [-0.25, -0.2) is 0 Å². The van der Waals surface area contributed by atoms with Gasteiger partial charge in [0.25, 0.3) is 0 Å². The van der Waals surface area contributed by atoms with Crippen molar-refractivity contribution in [2.24, 2.45) is 0 Å². The van der Waals surface area contributed by atoms with Crippen molar-refractivity contribution in [3.8, 4) is 6.07 Å². The van der Waals surface area contributed by atoms with Gasteiger partial charge in [-0.3, -0.25) is 9.78 Å². The Hall–Kier alpha value is -2.67. The van der Waals surface area contributed by atoms with Crippen LogP contribution in [0.5, 0.6) is 0 Å². The number of anilines is 2. The first-order valence-corrected chi connectivity index (χ1v) is 6.39. The number of carbonyl (C=O) groups excluding carboxylic acids is 1. The highest BCUT2D eigenvalue weighted by atomic mass is 16.1. The maximum atomic E-state index is 11.5. The van der Waals surface area contributed by atoms with Crippen LogP contribution in [0.4, 0.5) is 11.4 Å². The van der Waals surface area contributed by atoms with Gasteiger partial charge in [0, 0.05) is 19.2 Å². The van der Waals surface area contributed by atoms with Gasteiger partial charge in [0.2, 0.25) is 0 Å². The third-order valence-corrected chi connectivity index (χ3v) is 3.10. The molecule has 0 N–H and O–H groups in total. The molecule has 0 unspecified atom stereocenters. The Labute approximate surface area is 118 Å². The summed E-state index contributed by atoms with van der Waals surface area (Å²) in [6.07, 6.45) is 2.12. The fraction of sp³-hybridized carbons (Fsp3) is 0.188. The Morgan fingerprint density at radius 2 is 2.10 bits per heavy atom. The molecule has 4 nitrogen and oxygen atoms in total. The van der Waals surface area contributed by atoms with E-state index in [1.165, 1.54) is 0 Å². The fourth-order valence-corrected chi connectivity index (χ4v) is 1.86. The first kappa shape index (κ1) is 13.8. The van der Waals surface area contributed by atoms with Crippen LogP contribution in [0.1, 0.15) is 29.4 Å². The number of nitriles is 1. The van der Waals surface area contributed by atoms with Crippen molar-refractivity contribution in [3.05, 3.63) is 53.9 Å². The number of nitrogens with zero attached hydrogens (tertiary/aromatic N) is 3. The van der Waals surface area contributed by atoms with E-state index in [9.17, 15) is 4.79 Å². The van der Waals surface area contributed by atoms with Gasteiger partial charge >= 0.3 is 0 Å². The number of hydrogen-bond donors (Lipinski definition) is 0. The molecule has 0 radical (unpaired) electrons. The van der Waals surface area contributed by atoms with Crippen molar-refractivity contribution in [3.63, 3.8) is 0 Å². The number of aromatic nitrogens is 1. The van der Waals surface area contributed by atoms with Gasteiger partial charge in [-0.15, -0.1) is 0 Å². The molecular formula is C16H15N3O. The van der Waals surface area contributed by atoms with Gasteiger partial charge in [0.15, 0.2) is 5.78 Å². The lowest BCUT2D eigenvalue weighted by molar-refractivity contribution is 0.0983. The largest absolute Gasteiger partial charge is 0.343 e. The molecule has 1 aromatic heterocycles. The SMILES string of the molecule is CCC(=O)c1ccc(N(C)c2cccc(C#N)c2)cn1. The molecule has 0 spiro atoms. The Kier molecular flexibility index (Phi) is 4.11. The summed E-state index contributed by atoms with van der Waals surface area (Å²) in [5, 5.41) is 8.92. The second kappa shape index (κ2) is 5.98. The van der Waals surface area contributed by atoms with Gasteiger partial charge in [-0.2, -0.15) is 5.26 Å². The zero-order chi connectivity index (χ0) is 14.5. The molecule has 100 valence electrons. The Morgan fingerprint density at radius 3 is 2.70 bits per heavy atom. The highest BCUT2D eigenvalue weighted by Crippen LogP contribution is 2.23. The van der Waals surface area contributed by atoms with Gasteiger partial charge in [-0.05, 0) is 30.3 Å².